The van der Waals surface area contributed by atoms with Gasteiger partial charge in [0.2, 0.25) is 0 Å². The molecular formula is C15H16OS. The van der Waals surface area contributed by atoms with Gasteiger partial charge in [-0.05, 0) is 45.9 Å². The van der Waals surface area contributed by atoms with Crippen LogP contribution in [0.25, 0.3) is 0 Å². The summed E-state index contributed by atoms with van der Waals surface area (Å²) in [6.45, 7) is 8.09. The van der Waals surface area contributed by atoms with Crippen LogP contribution in [-0.4, -0.2) is 5.78 Å². The Balaban J connectivity index is 2.47. The topological polar surface area (TPSA) is 17.1 Å². The molecule has 88 valence electrons. The summed E-state index contributed by atoms with van der Waals surface area (Å²) in [6.07, 6.45) is 0. The van der Waals surface area contributed by atoms with Crippen LogP contribution in [0.1, 0.15) is 36.8 Å². The Labute approximate surface area is 106 Å². The third-order valence-corrected chi connectivity index (χ3v) is 3.74. The highest BCUT2D eigenvalue weighted by Crippen LogP contribution is 2.24. The van der Waals surface area contributed by atoms with Crippen LogP contribution in [0.4, 0.5) is 0 Å². The molecule has 0 atom stereocenters. The number of aryl methyl sites for hydroxylation is 4. The van der Waals surface area contributed by atoms with E-state index in [1.54, 1.807) is 11.3 Å². The van der Waals surface area contributed by atoms with Crippen LogP contribution in [-0.2, 0) is 0 Å². The van der Waals surface area contributed by atoms with Crippen LogP contribution in [0, 0.1) is 27.7 Å². The molecule has 0 aliphatic carbocycles. The van der Waals surface area contributed by atoms with Crippen molar-refractivity contribution in [3.05, 3.63) is 56.3 Å². The van der Waals surface area contributed by atoms with Crippen molar-refractivity contribution < 1.29 is 4.79 Å². The fourth-order valence-electron chi connectivity index (χ4n) is 2.12. The van der Waals surface area contributed by atoms with E-state index >= 15 is 0 Å². The van der Waals surface area contributed by atoms with Crippen molar-refractivity contribution in [2.45, 2.75) is 27.7 Å². The van der Waals surface area contributed by atoms with Crippen molar-refractivity contribution >= 4 is 17.1 Å². The second-order valence-corrected chi connectivity index (χ2v) is 5.99. The molecule has 0 fully saturated rings. The van der Waals surface area contributed by atoms with E-state index in [0.29, 0.717) is 0 Å². The predicted octanol–water partition coefficient (Wildman–Crippen LogP) is 4.21. The monoisotopic (exact) mass is 244 g/mol. The average molecular weight is 244 g/mol. The van der Waals surface area contributed by atoms with E-state index in [9.17, 15) is 4.79 Å². The molecule has 0 saturated carbocycles. The number of hydrogen-bond donors (Lipinski definition) is 0. The molecule has 0 radical (unpaired) electrons. The minimum atomic E-state index is 0.138. The van der Waals surface area contributed by atoms with Gasteiger partial charge in [-0.2, -0.15) is 0 Å². The number of carbonyl (C=O) groups excluding carboxylic acids is 1. The molecule has 1 heterocycles. The van der Waals surface area contributed by atoms with Crippen LogP contribution in [0.3, 0.4) is 0 Å². The number of benzene rings is 1. The van der Waals surface area contributed by atoms with Crippen LogP contribution >= 0.6 is 11.3 Å². The standard InChI is InChI=1S/C15H16OS/c1-9-5-10(2)7-13(6-9)15(16)14-8-11(3)17-12(14)4/h5-8H,1-4H3. The molecule has 2 rings (SSSR count). The molecule has 0 amide bonds. The van der Waals surface area contributed by atoms with Crippen LogP contribution in [0.15, 0.2) is 24.3 Å². The van der Waals surface area contributed by atoms with Gasteiger partial charge in [0.25, 0.3) is 0 Å². The first-order valence-corrected chi connectivity index (χ1v) is 6.49. The Kier molecular flexibility index (Phi) is 3.16. The molecule has 0 bridgehead atoms. The summed E-state index contributed by atoms with van der Waals surface area (Å²) in [5, 5.41) is 0. The van der Waals surface area contributed by atoms with Gasteiger partial charge in [0.15, 0.2) is 5.78 Å². The number of hydrogen-bond acceptors (Lipinski definition) is 2. The Morgan fingerprint density at radius 3 is 2.00 bits per heavy atom. The summed E-state index contributed by atoms with van der Waals surface area (Å²) in [4.78, 5) is 14.7. The minimum Gasteiger partial charge on any atom is -0.289 e. The van der Waals surface area contributed by atoms with E-state index in [2.05, 4.69) is 6.07 Å². The van der Waals surface area contributed by atoms with E-state index < -0.39 is 0 Å². The van der Waals surface area contributed by atoms with Crippen molar-refractivity contribution in [1.82, 2.24) is 0 Å². The lowest BCUT2D eigenvalue weighted by molar-refractivity contribution is 0.103. The van der Waals surface area contributed by atoms with Gasteiger partial charge in [-0.1, -0.05) is 17.2 Å². The molecule has 0 spiro atoms. The van der Waals surface area contributed by atoms with Gasteiger partial charge in [0, 0.05) is 20.9 Å². The molecule has 0 N–H and O–H groups in total. The van der Waals surface area contributed by atoms with Gasteiger partial charge in [-0.3, -0.25) is 4.79 Å². The van der Waals surface area contributed by atoms with Gasteiger partial charge in [0.1, 0.15) is 0 Å². The van der Waals surface area contributed by atoms with Gasteiger partial charge in [-0.25, -0.2) is 0 Å². The molecule has 1 aromatic heterocycles. The van der Waals surface area contributed by atoms with E-state index in [0.717, 1.165) is 27.1 Å². The molecule has 0 aliphatic rings. The molecule has 0 aliphatic heterocycles. The third-order valence-electron chi connectivity index (χ3n) is 2.77. The van der Waals surface area contributed by atoms with Crippen molar-refractivity contribution in [2.24, 2.45) is 0 Å². The van der Waals surface area contributed by atoms with Crippen molar-refractivity contribution in [2.75, 3.05) is 0 Å². The maximum absolute atomic E-state index is 12.4. The lowest BCUT2D eigenvalue weighted by Gasteiger charge is -2.04. The zero-order valence-corrected chi connectivity index (χ0v) is 11.4. The second kappa shape index (κ2) is 4.46. The molecule has 17 heavy (non-hydrogen) atoms. The zero-order valence-electron chi connectivity index (χ0n) is 10.6. The summed E-state index contributed by atoms with van der Waals surface area (Å²) >= 11 is 1.68. The fourth-order valence-corrected chi connectivity index (χ4v) is 3.04. The highest BCUT2D eigenvalue weighted by atomic mass is 32.1. The smallest absolute Gasteiger partial charge is 0.194 e. The first-order chi connectivity index (χ1) is 7.97. The third kappa shape index (κ3) is 2.47. The number of ketones is 1. The Hall–Kier alpha value is -1.41. The van der Waals surface area contributed by atoms with Crippen molar-refractivity contribution in [1.29, 1.82) is 0 Å². The second-order valence-electron chi connectivity index (χ2n) is 4.53. The van der Waals surface area contributed by atoms with Gasteiger partial charge < -0.3 is 0 Å². The maximum atomic E-state index is 12.4. The number of rotatable bonds is 2. The minimum absolute atomic E-state index is 0.138. The Morgan fingerprint density at radius 2 is 1.53 bits per heavy atom. The Morgan fingerprint density at radius 1 is 0.941 bits per heavy atom. The summed E-state index contributed by atoms with van der Waals surface area (Å²) in [5.74, 6) is 0.138. The summed E-state index contributed by atoms with van der Waals surface area (Å²) in [5.41, 5.74) is 3.91. The van der Waals surface area contributed by atoms with Crippen LogP contribution < -0.4 is 0 Å². The summed E-state index contributed by atoms with van der Waals surface area (Å²) < 4.78 is 0. The predicted molar refractivity (Wildman–Crippen MR) is 73.1 cm³/mol. The highest BCUT2D eigenvalue weighted by Gasteiger charge is 2.14. The van der Waals surface area contributed by atoms with E-state index in [1.807, 2.05) is 45.9 Å². The van der Waals surface area contributed by atoms with Gasteiger partial charge in [0.05, 0.1) is 0 Å². The zero-order chi connectivity index (χ0) is 12.6. The molecule has 0 unspecified atom stereocenters. The highest BCUT2D eigenvalue weighted by molar-refractivity contribution is 7.12. The molecule has 2 aromatic rings. The SMILES string of the molecule is Cc1cc(C)cc(C(=O)c2cc(C)sc2C)c1. The number of carbonyl (C=O) groups is 1. The van der Waals surface area contributed by atoms with E-state index in [1.165, 1.54) is 4.88 Å². The normalized spacial score (nSPS) is 10.6. The Bertz CT molecular complexity index is 558. The fraction of sp³-hybridized carbons (Fsp3) is 0.267. The molecule has 1 nitrogen and oxygen atoms in total. The van der Waals surface area contributed by atoms with E-state index in [4.69, 9.17) is 0 Å². The average Bonchev–Trinajstić information content (AvgIpc) is 2.55. The van der Waals surface area contributed by atoms with Crippen LogP contribution in [0.5, 0.6) is 0 Å². The summed E-state index contributed by atoms with van der Waals surface area (Å²) in [6, 6.07) is 7.99. The van der Waals surface area contributed by atoms with Crippen LogP contribution in [0.2, 0.25) is 0 Å². The van der Waals surface area contributed by atoms with E-state index in [-0.39, 0.29) is 5.78 Å². The van der Waals surface area contributed by atoms with Gasteiger partial charge in [-0.15, -0.1) is 11.3 Å². The first kappa shape index (κ1) is 12.1. The van der Waals surface area contributed by atoms with Crippen molar-refractivity contribution in [3.63, 3.8) is 0 Å². The largest absolute Gasteiger partial charge is 0.289 e. The molecule has 0 saturated heterocycles. The lowest BCUT2D eigenvalue weighted by Crippen LogP contribution is -2.02. The first-order valence-electron chi connectivity index (χ1n) is 5.67. The van der Waals surface area contributed by atoms with Gasteiger partial charge >= 0.3 is 0 Å². The van der Waals surface area contributed by atoms with Crippen molar-refractivity contribution in [3.8, 4) is 0 Å². The lowest BCUT2D eigenvalue weighted by atomic mass is 10.00. The quantitative estimate of drug-likeness (QED) is 0.723. The maximum Gasteiger partial charge on any atom is 0.194 e. The number of thiophene rings is 1. The molecular weight excluding hydrogens is 228 g/mol. The molecule has 1 aromatic carbocycles. The summed E-state index contributed by atoms with van der Waals surface area (Å²) in [7, 11) is 0. The molecule has 2 heteroatoms.